The van der Waals surface area contributed by atoms with E-state index in [1.807, 2.05) is 7.05 Å². The highest BCUT2D eigenvalue weighted by molar-refractivity contribution is 9.10. The van der Waals surface area contributed by atoms with Crippen LogP contribution in [0.25, 0.3) is 0 Å². The molecule has 0 aromatic carbocycles. The number of rotatable bonds is 3. The first kappa shape index (κ1) is 9.41. The predicted molar refractivity (Wildman–Crippen MR) is 50.1 cm³/mol. The van der Waals surface area contributed by atoms with Gasteiger partial charge in [-0.3, -0.25) is 9.36 Å². The number of nitrogens with one attached hydrogen (secondary N) is 1. The lowest BCUT2D eigenvalue weighted by atomic mass is 10.5. The smallest absolute Gasteiger partial charge is 0.267 e. The molecular weight excluding hydrogens is 222 g/mol. The fraction of sp³-hybridized carbons (Fsp3) is 0.429. The van der Waals surface area contributed by atoms with E-state index in [2.05, 4.69) is 26.2 Å². The van der Waals surface area contributed by atoms with Crippen molar-refractivity contribution in [2.75, 3.05) is 13.6 Å². The van der Waals surface area contributed by atoms with Crippen LogP contribution in [0.2, 0.25) is 0 Å². The maximum Gasteiger partial charge on any atom is 0.267 e. The minimum atomic E-state index is -0.0414. The van der Waals surface area contributed by atoms with E-state index in [9.17, 15) is 4.79 Å². The van der Waals surface area contributed by atoms with Crippen LogP contribution in [-0.4, -0.2) is 23.1 Å². The second-order valence-electron chi connectivity index (χ2n) is 2.34. The van der Waals surface area contributed by atoms with E-state index in [-0.39, 0.29) is 5.56 Å². The van der Waals surface area contributed by atoms with E-state index in [4.69, 9.17) is 0 Å². The number of halogens is 1. The van der Waals surface area contributed by atoms with Gasteiger partial charge in [-0.15, -0.1) is 0 Å². The molecule has 1 heterocycles. The fourth-order valence-electron chi connectivity index (χ4n) is 0.816. The van der Waals surface area contributed by atoms with Gasteiger partial charge in [-0.25, -0.2) is 4.98 Å². The molecule has 5 heteroatoms. The first-order valence-corrected chi connectivity index (χ1v) is 4.39. The average Bonchev–Trinajstić information content (AvgIpc) is 2.08. The van der Waals surface area contributed by atoms with Gasteiger partial charge in [0.2, 0.25) is 0 Å². The molecule has 1 rings (SSSR count). The van der Waals surface area contributed by atoms with Crippen LogP contribution >= 0.6 is 15.9 Å². The molecule has 4 nitrogen and oxygen atoms in total. The summed E-state index contributed by atoms with van der Waals surface area (Å²) in [6, 6.07) is 0. The van der Waals surface area contributed by atoms with Gasteiger partial charge in [0.1, 0.15) is 4.47 Å². The summed E-state index contributed by atoms with van der Waals surface area (Å²) >= 11 is 3.12. The summed E-state index contributed by atoms with van der Waals surface area (Å²) in [4.78, 5) is 15.2. The van der Waals surface area contributed by atoms with E-state index in [1.54, 1.807) is 4.57 Å². The van der Waals surface area contributed by atoms with Crippen LogP contribution in [0.15, 0.2) is 21.8 Å². The molecule has 0 unspecified atom stereocenters. The van der Waals surface area contributed by atoms with E-state index >= 15 is 0 Å². The number of hydrogen-bond acceptors (Lipinski definition) is 3. The van der Waals surface area contributed by atoms with Crippen molar-refractivity contribution >= 4 is 15.9 Å². The van der Waals surface area contributed by atoms with Crippen LogP contribution in [0.3, 0.4) is 0 Å². The van der Waals surface area contributed by atoms with Gasteiger partial charge in [0.15, 0.2) is 0 Å². The number of hydrogen-bond donors (Lipinski definition) is 1. The van der Waals surface area contributed by atoms with Crippen molar-refractivity contribution in [2.45, 2.75) is 6.54 Å². The van der Waals surface area contributed by atoms with Crippen LogP contribution in [-0.2, 0) is 6.54 Å². The highest BCUT2D eigenvalue weighted by Crippen LogP contribution is 1.97. The topological polar surface area (TPSA) is 46.9 Å². The lowest BCUT2D eigenvalue weighted by Gasteiger charge is -2.03. The zero-order valence-corrected chi connectivity index (χ0v) is 8.34. The Morgan fingerprint density at radius 1 is 1.75 bits per heavy atom. The van der Waals surface area contributed by atoms with Crippen molar-refractivity contribution in [1.29, 1.82) is 0 Å². The summed E-state index contributed by atoms with van der Waals surface area (Å²) in [5.74, 6) is 0. The molecule has 0 aliphatic carbocycles. The summed E-state index contributed by atoms with van der Waals surface area (Å²) < 4.78 is 2.06. The standard InChI is InChI=1S/C7H10BrN3O/c1-9-2-3-11-5-10-4-6(8)7(11)12/h4-5,9H,2-3H2,1H3. The van der Waals surface area contributed by atoms with E-state index < -0.39 is 0 Å². The van der Waals surface area contributed by atoms with Crippen LogP contribution in [0.5, 0.6) is 0 Å². The zero-order chi connectivity index (χ0) is 8.97. The molecule has 1 aromatic rings. The molecular formula is C7H10BrN3O. The lowest BCUT2D eigenvalue weighted by Crippen LogP contribution is -2.25. The van der Waals surface area contributed by atoms with Crippen LogP contribution in [0.4, 0.5) is 0 Å². The first-order valence-electron chi connectivity index (χ1n) is 3.60. The quantitative estimate of drug-likeness (QED) is 0.811. The lowest BCUT2D eigenvalue weighted by molar-refractivity contribution is 0.613. The molecule has 1 aromatic heterocycles. The first-order chi connectivity index (χ1) is 5.75. The third-order valence-corrected chi connectivity index (χ3v) is 2.01. The Bertz CT molecular complexity index is 310. The van der Waals surface area contributed by atoms with Gasteiger partial charge in [0.05, 0.1) is 6.33 Å². The number of likely N-dealkylation sites (N-methyl/N-ethyl adjacent to an activating group) is 1. The van der Waals surface area contributed by atoms with Crippen LogP contribution < -0.4 is 10.9 Å². The molecule has 0 amide bonds. The molecule has 0 radical (unpaired) electrons. The van der Waals surface area contributed by atoms with E-state index in [1.165, 1.54) is 12.5 Å². The van der Waals surface area contributed by atoms with Gasteiger partial charge in [-0.05, 0) is 23.0 Å². The highest BCUT2D eigenvalue weighted by atomic mass is 79.9. The Labute approximate surface area is 78.8 Å². The molecule has 0 atom stereocenters. The largest absolute Gasteiger partial charge is 0.318 e. The van der Waals surface area contributed by atoms with Crippen LogP contribution in [0.1, 0.15) is 0 Å². The molecule has 0 aliphatic heterocycles. The molecule has 0 aliphatic rings. The normalized spacial score (nSPS) is 10.2. The molecule has 0 fully saturated rings. The zero-order valence-electron chi connectivity index (χ0n) is 6.75. The minimum absolute atomic E-state index is 0.0414. The molecule has 0 bridgehead atoms. The predicted octanol–water partition coefficient (Wildman–Crippen LogP) is 0.225. The summed E-state index contributed by atoms with van der Waals surface area (Å²) in [7, 11) is 1.84. The van der Waals surface area contributed by atoms with E-state index in [0.29, 0.717) is 11.0 Å². The second-order valence-corrected chi connectivity index (χ2v) is 3.20. The Balaban J connectivity index is 2.85. The third kappa shape index (κ3) is 2.15. The fourth-order valence-corrected chi connectivity index (χ4v) is 1.16. The van der Waals surface area contributed by atoms with Gasteiger partial charge in [-0.2, -0.15) is 0 Å². The molecule has 0 saturated carbocycles. The van der Waals surface area contributed by atoms with Crippen molar-refractivity contribution in [2.24, 2.45) is 0 Å². The molecule has 1 N–H and O–H groups in total. The summed E-state index contributed by atoms with van der Waals surface area (Å²) in [5, 5.41) is 2.96. The summed E-state index contributed by atoms with van der Waals surface area (Å²) in [6.07, 6.45) is 3.03. The third-order valence-electron chi connectivity index (χ3n) is 1.46. The molecule has 12 heavy (non-hydrogen) atoms. The Hall–Kier alpha value is -0.680. The Kier molecular flexibility index (Phi) is 3.43. The van der Waals surface area contributed by atoms with Gasteiger partial charge in [0.25, 0.3) is 5.56 Å². The summed E-state index contributed by atoms with van der Waals surface area (Å²) in [6.45, 7) is 1.40. The van der Waals surface area contributed by atoms with Crippen molar-refractivity contribution in [3.05, 3.63) is 27.4 Å². The maximum atomic E-state index is 11.3. The molecule has 0 saturated heterocycles. The van der Waals surface area contributed by atoms with Crippen molar-refractivity contribution in [1.82, 2.24) is 14.9 Å². The van der Waals surface area contributed by atoms with Gasteiger partial charge in [0, 0.05) is 19.3 Å². The Morgan fingerprint density at radius 2 is 2.50 bits per heavy atom. The minimum Gasteiger partial charge on any atom is -0.318 e. The number of aromatic nitrogens is 2. The second kappa shape index (κ2) is 4.37. The van der Waals surface area contributed by atoms with Crippen molar-refractivity contribution in [3.63, 3.8) is 0 Å². The monoisotopic (exact) mass is 231 g/mol. The number of nitrogens with zero attached hydrogens (tertiary/aromatic N) is 2. The molecule has 0 spiro atoms. The highest BCUT2D eigenvalue weighted by Gasteiger charge is 1.98. The van der Waals surface area contributed by atoms with Gasteiger partial charge >= 0.3 is 0 Å². The van der Waals surface area contributed by atoms with Crippen molar-refractivity contribution in [3.8, 4) is 0 Å². The average molecular weight is 232 g/mol. The Morgan fingerprint density at radius 3 is 3.17 bits per heavy atom. The van der Waals surface area contributed by atoms with Gasteiger partial charge in [-0.1, -0.05) is 0 Å². The van der Waals surface area contributed by atoms with E-state index in [0.717, 1.165) is 6.54 Å². The van der Waals surface area contributed by atoms with Crippen molar-refractivity contribution < 1.29 is 0 Å². The maximum absolute atomic E-state index is 11.3. The van der Waals surface area contributed by atoms with Crippen LogP contribution in [0, 0.1) is 0 Å². The van der Waals surface area contributed by atoms with Gasteiger partial charge < -0.3 is 5.32 Å². The summed E-state index contributed by atoms with van der Waals surface area (Å²) in [5.41, 5.74) is -0.0414. The molecule has 66 valence electrons. The SMILES string of the molecule is CNCCn1cncc(Br)c1=O.